The summed E-state index contributed by atoms with van der Waals surface area (Å²) in [6.07, 6.45) is -1.16. The fourth-order valence-electron chi connectivity index (χ4n) is 1.01. The van der Waals surface area contributed by atoms with Crippen molar-refractivity contribution in [3.63, 3.8) is 0 Å². The molecule has 0 amide bonds. The molecule has 0 radical (unpaired) electrons. The van der Waals surface area contributed by atoms with Gasteiger partial charge in [-0.15, -0.1) is 13.2 Å². The van der Waals surface area contributed by atoms with Crippen molar-refractivity contribution in [2.45, 2.75) is 12.9 Å². The highest BCUT2D eigenvalue weighted by Gasteiger charge is 2.28. The maximum absolute atomic E-state index is 11.6. The summed E-state index contributed by atoms with van der Waals surface area (Å²) >= 11 is 0. The normalized spacial score (nSPS) is 12.0. The second kappa shape index (κ2) is 5.13. The van der Waals surface area contributed by atoms with Gasteiger partial charge in [0.15, 0.2) is 0 Å². The lowest BCUT2D eigenvalue weighted by molar-refractivity contribution is -0.323. The van der Waals surface area contributed by atoms with Crippen LogP contribution >= 0.6 is 0 Å². The van der Waals surface area contributed by atoms with E-state index in [-0.39, 0.29) is 6.54 Å². The maximum Gasteiger partial charge on any atom is 0.522 e. The van der Waals surface area contributed by atoms with Crippen LogP contribution < -0.4 is 5.32 Å². The Hall–Kier alpha value is -1.08. The minimum atomic E-state index is -4.55. The molecule has 1 heterocycles. The fourth-order valence-corrected chi connectivity index (χ4v) is 1.01. The summed E-state index contributed by atoms with van der Waals surface area (Å²) in [4.78, 5) is 4.00. The van der Waals surface area contributed by atoms with E-state index in [0.717, 1.165) is 5.82 Å². The van der Waals surface area contributed by atoms with Gasteiger partial charge in [0.1, 0.15) is 5.82 Å². The maximum atomic E-state index is 11.6. The number of hydrogen-bond donors (Lipinski definition) is 1. The standard InChI is InChI=1S/C8H12F3N3O/c1-14-4-2-13-7(14)6-12-3-5-15-8(9,10)11/h2,4,12H,3,5-6H2,1H3. The molecule has 0 saturated heterocycles. The molecule has 1 rings (SSSR count). The van der Waals surface area contributed by atoms with Crippen LogP contribution in [0.4, 0.5) is 13.2 Å². The van der Waals surface area contributed by atoms with Gasteiger partial charge in [-0.25, -0.2) is 4.98 Å². The molecule has 0 aliphatic carbocycles. The van der Waals surface area contributed by atoms with Crippen LogP contribution in [0.15, 0.2) is 12.4 Å². The number of aromatic nitrogens is 2. The third-order valence-electron chi connectivity index (χ3n) is 1.75. The van der Waals surface area contributed by atoms with Crippen LogP contribution in [-0.4, -0.2) is 29.1 Å². The highest BCUT2D eigenvalue weighted by atomic mass is 19.4. The van der Waals surface area contributed by atoms with Gasteiger partial charge >= 0.3 is 6.36 Å². The third-order valence-corrected chi connectivity index (χ3v) is 1.75. The van der Waals surface area contributed by atoms with Crippen LogP contribution in [0.1, 0.15) is 5.82 Å². The zero-order valence-electron chi connectivity index (χ0n) is 8.21. The van der Waals surface area contributed by atoms with Crippen LogP contribution in [0.5, 0.6) is 0 Å². The minimum Gasteiger partial charge on any atom is -0.337 e. The molecule has 0 fully saturated rings. The molecule has 0 saturated carbocycles. The molecule has 86 valence electrons. The van der Waals surface area contributed by atoms with E-state index in [2.05, 4.69) is 15.0 Å². The van der Waals surface area contributed by atoms with E-state index in [1.54, 1.807) is 17.0 Å². The molecular formula is C8H12F3N3O. The molecule has 0 aromatic carbocycles. The van der Waals surface area contributed by atoms with Crippen molar-refractivity contribution < 1.29 is 17.9 Å². The zero-order valence-corrected chi connectivity index (χ0v) is 8.21. The molecule has 0 spiro atoms. The largest absolute Gasteiger partial charge is 0.522 e. The summed E-state index contributed by atoms with van der Waals surface area (Å²) in [5.41, 5.74) is 0. The van der Waals surface area contributed by atoms with Gasteiger partial charge in [-0.2, -0.15) is 0 Å². The quantitative estimate of drug-likeness (QED) is 0.758. The second-order valence-electron chi connectivity index (χ2n) is 2.93. The van der Waals surface area contributed by atoms with Crippen molar-refractivity contribution in [1.29, 1.82) is 0 Å². The molecule has 0 aliphatic heterocycles. The Morgan fingerprint density at radius 2 is 2.27 bits per heavy atom. The summed E-state index contributed by atoms with van der Waals surface area (Å²) in [7, 11) is 1.82. The monoisotopic (exact) mass is 223 g/mol. The average molecular weight is 223 g/mol. The predicted octanol–water partition coefficient (Wildman–Crippen LogP) is 1.05. The molecule has 1 aromatic rings. The number of nitrogens with zero attached hydrogens (tertiary/aromatic N) is 2. The Morgan fingerprint density at radius 1 is 1.53 bits per heavy atom. The third kappa shape index (κ3) is 4.80. The van der Waals surface area contributed by atoms with Crippen LogP contribution in [-0.2, 0) is 18.3 Å². The Bertz CT molecular complexity index is 298. The lowest BCUT2D eigenvalue weighted by Gasteiger charge is -2.08. The van der Waals surface area contributed by atoms with E-state index in [9.17, 15) is 13.2 Å². The van der Waals surface area contributed by atoms with Gasteiger partial charge in [0, 0.05) is 26.0 Å². The highest BCUT2D eigenvalue weighted by Crippen LogP contribution is 2.15. The lowest BCUT2D eigenvalue weighted by Crippen LogP contribution is -2.24. The van der Waals surface area contributed by atoms with Gasteiger partial charge in [-0.3, -0.25) is 4.74 Å². The summed E-state index contributed by atoms with van der Waals surface area (Å²) in [5.74, 6) is 0.766. The molecule has 7 heteroatoms. The van der Waals surface area contributed by atoms with Crippen molar-refractivity contribution >= 4 is 0 Å². The molecule has 0 atom stereocenters. The Balaban J connectivity index is 2.10. The zero-order chi connectivity index (χ0) is 11.3. The van der Waals surface area contributed by atoms with Gasteiger partial charge in [0.2, 0.25) is 0 Å². The van der Waals surface area contributed by atoms with E-state index in [1.165, 1.54) is 0 Å². The first kappa shape index (κ1) is 12.0. The number of alkyl halides is 3. The van der Waals surface area contributed by atoms with Crippen LogP contribution in [0.25, 0.3) is 0 Å². The number of rotatable bonds is 5. The smallest absolute Gasteiger partial charge is 0.337 e. The summed E-state index contributed by atoms with van der Waals surface area (Å²) in [6.45, 7) is 0.158. The first-order valence-corrected chi connectivity index (χ1v) is 4.36. The SMILES string of the molecule is Cn1ccnc1CNCCOC(F)(F)F. The molecule has 15 heavy (non-hydrogen) atoms. The van der Waals surface area contributed by atoms with E-state index < -0.39 is 13.0 Å². The average Bonchev–Trinajstić information content (AvgIpc) is 2.49. The van der Waals surface area contributed by atoms with E-state index >= 15 is 0 Å². The number of hydrogen-bond acceptors (Lipinski definition) is 3. The molecule has 0 aliphatic rings. The van der Waals surface area contributed by atoms with Crippen LogP contribution in [0.2, 0.25) is 0 Å². The number of ether oxygens (including phenoxy) is 1. The van der Waals surface area contributed by atoms with Crippen molar-refractivity contribution in [3.8, 4) is 0 Å². The van der Waals surface area contributed by atoms with Gasteiger partial charge < -0.3 is 9.88 Å². The van der Waals surface area contributed by atoms with Crippen molar-refractivity contribution in [2.24, 2.45) is 7.05 Å². The van der Waals surface area contributed by atoms with E-state index in [1.807, 2.05) is 7.05 Å². The Kier molecular flexibility index (Phi) is 4.10. The minimum absolute atomic E-state index is 0.131. The summed E-state index contributed by atoms with van der Waals surface area (Å²) in [6, 6.07) is 0. The molecule has 4 nitrogen and oxygen atoms in total. The molecule has 0 bridgehead atoms. The van der Waals surface area contributed by atoms with Crippen molar-refractivity contribution in [1.82, 2.24) is 14.9 Å². The van der Waals surface area contributed by atoms with E-state index in [0.29, 0.717) is 6.54 Å². The first-order valence-electron chi connectivity index (χ1n) is 4.36. The fraction of sp³-hybridized carbons (Fsp3) is 0.625. The number of halogens is 3. The molecule has 1 aromatic heterocycles. The van der Waals surface area contributed by atoms with Crippen LogP contribution in [0, 0.1) is 0 Å². The Labute approximate surface area is 85.1 Å². The number of imidazole rings is 1. The van der Waals surface area contributed by atoms with Gasteiger partial charge in [-0.05, 0) is 0 Å². The number of nitrogens with one attached hydrogen (secondary N) is 1. The Morgan fingerprint density at radius 3 is 2.80 bits per heavy atom. The topological polar surface area (TPSA) is 39.1 Å². The summed E-state index contributed by atoms with van der Waals surface area (Å²) < 4.78 is 40.0. The molecule has 1 N–H and O–H groups in total. The van der Waals surface area contributed by atoms with Crippen molar-refractivity contribution in [3.05, 3.63) is 18.2 Å². The second-order valence-corrected chi connectivity index (χ2v) is 2.93. The predicted molar refractivity (Wildman–Crippen MR) is 46.9 cm³/mol. The van der Waals surface area contributed by atoms with Gasteiger partial charge in [0.25, 0.3) is 0 Å². The van der Waals surface area contributed by atoms with Gasteiger partial charge in [-0.1, -0.05) is 0 Å². The van der Waals surface area contributed by atoms with Gasteiger partial charge in [0.05, 0.1) is 13.2 Å². The lowest BCUT2D eigenvalue weighted by atomic mass is 10.5. The number of aryl methyl sites for hydroxylation is 1. The first-order chi connectivity index (χ1) is 6.99. The van der Waals surface area contributed by atoms with Crippen molar-refractivity contribution in [2.75, 3.05) is 13.2 Å². The van der Waals surface area contributed by atoms with Crippen LogP contribution in [0.3, 0.4) is 0 Å². The molecule has 0 unspecified atom stereocenters. The summed E-state index contributed by atoms with van der Waals surface area (Å²) in [5, 5.41) is 2.79. The molecular weight excluding hydrogens is 211 g/mol. The van der Waals surface area contributed by atoms with E-state index in [4.69, 9.17) is 0 Å². The highest BCUT2D eigenvalue weighted by molar-refractivity contribution is 4.90.